The zero-order valence-corrected chi connectivity index (χ0v) is 16.5. The molecule has 4 aromatic rings. The predicted molar refractivity (Wildman–Crippen MR) is 120 cm³/mol. The van der Waals surface area contributed by atoms with Crippen LogP contribution in [0, 0.1) is 5.41 Å². The SMILES string of the molecule is N=C(N)c1ccc(-c2cnn3cc(-c4ccc(N5CCNCC5)cc4)cnc23)cc1. The molecule has 3 heterocycles. The Kier molecular flexibility index (Phi) is 4.65. The average molecular weight is 397 g/mol. The second kappa shape index (κ2) is 7.61. The highest BCUT2D eigenvalue weighted by Gasteiger charge is 2.12. The van der Waals surface area contributed by atoms with Gasteiger partial charge < -0.3 is 16.0 Å². The molecule has 1 fully saturated rings. The average Bonchev–Trinajstić information content (AvgIpc) is 3.23. The van der Waals surface area contributed by atoms with Crippen LogP contribution in [0.15, 0.2) is 67.1 Å². The molecule has 0 bridgehead atoms. The molecule has 7 heteroatoms. The molecule has 0 unspecified atom stereocenters. The van der Waals surface area contributed by atoms with Gasteiger partial charge in [0.05, 0.1) is 6.20 Å². The third-order valence-electron chi connectivity index (χ3n) is 5.55. The third kappa shape index (κ3) is 3.40. The monoisotopic (exact) mass is 397 g/mol. The molecule has 0 radical (unpaired) electrons. The topological polar surface area (TPSA) is 95.3 Å². The van der Waals surface area contributed by atoms with E-state index in [9.17, 15) is 0 Å². The van der Waals surface area contributed by atoms with E-state index in [0.29, 0.717) is 5.56 Å². The molecule has 7 nitrogen and oxygen atoms in total. The van der Waals surface area contributed by atoms with Gasteiger partial charge in [-0.2, -0.15) is 5.10 Å². The number of nitrogens with zero attached hydrogens (tertiary/aromatic N) is 4. The number of rotatable bonds is 4. The Labute approximate surface area is 174 Å². The van der Waals surface area contributed by atoms with Gasteiger partial charge in [0.1, 0.15) is 5.84 Å². The Bertz CT molecular complexity index is 1190. The van der Waals surface area contributed by atoms with E-state index >= 15 is 0 Å². The van der Waals surface area contributed by atoms with Gasteiger partial charge in [0.2, 0.25) is 0 Å². The lowest BCUT2D eigenvalue weighted by Crippen LogP contribution is -2.43. The molecule has 0 aliphatic carbocycles. The summed E-state index contributed by atoms with van der Waals surface area (Å²) in [5.41, 5.74) is 12.4. The first kappa shape index (κ1) is 18.3. The van der Waals surface area contributed by atoms with Gasteiger partial charge in [0, 0.05) is 61.0 Å². The zero-order chi connectivity index (χ0) is 20.5. The molecule has 1 aliphatic heterocycles. The molecule has 4 N–H and O–H groups in total. The third-order valence-corrected chi connectivity index (χ3v) is 5.55. The lowest BCUT2D eigenvalue weighted by Gasteiger charge is -2.29. The van der Waals surface area contributed by atoms with E-state index in [4.69, 9.17) is 11.1 Å². The van der Waals surface area contributed by atoms with E-state index < -0.39 is 0 Å². The second-order valence-electron chi connectivity index (χ2n) is 7.44. The van der Waals surface area contributed by atoms with E-state index in [1.165, 1.54) is 5.69 Å². The second-order valence-corrected chi connectivity index (χ2v) is 7.44. The summed E-state index contributed by atoms with van der Waals surface area (Å²) in [5, 5.41) is 15.4. The van der Waals surface area contributed by atoms with Crippen molar-refractivity contribution in [3.63, 3.8) is 0 Å². The number of nitrogens with two attached hydrogens (primary N) is 1. The van der Waals surface area contributed by atoms with Gasteiger partial charge in [-0.3, -0.25) is 5.41 Å². The fourth-order valence-corrected chi connectivity index (χ4v) is 3.84. The van der Waals surface area contributed by atoms with E-state index in [2.05, 4.69) is 44.6 Å². The van der Waals surface area contributed by atoms with Crippen LogP contribution in [0.1, 0.15) is 5.56 Å². The minimum Gasteiger partial charge on any atom is -0.384 e. The molecule has 2 aromatic heterocycles. The summed E-state index contributed by atoms with van der Waals surface area (Å²) in [6.45, 7) is 4.13. The molecule has 1 saturated heterocycles. The quantitative estimate of drug-likeness (QED) is 0.364. The Morgan fingerprint density at radius 3 is 2.30 bits per heavy atom. The normalized spacial score (nSPS) is 14.2. The first-order valence-corrected chi connectivity index (χ1v) is 10.0. The fraction of sp³-hybridized carbons (Fsp3) is 0.174. The first-order valence-electron chi connectivity index (χ1n) is 10.0. The van der Waals surface area contributed by atoms with Gasteiger partial charge in [-0.15, -0.1) is 0 Å². The van der Waals surface area contributed by atoms with Gasteiger partial charge >= 0.3 is 0 Å². The highest BCUT2D eigenvalue weighted by Crippen LogP contribution is 2.27. The lowest BCUT2D eigenvalue weighted by molar-refractivity contribution is 0.589. The van der Waals surface area contributed by atoms with Crippen molar-refractivity contribution in [1.29, 1.82) is 5.41 Å². The van der Waals surface area contributed by atoms with Crippen molar-refractivity contribution in [2.24, 2.45) is 5.73 Å². The maximum absolute atomic E-state index is 7.53. The van der Waals surface area contributed by atoms with Crippen LogP contribution < -0.4 is 16.0 Å². The Morgan fingerprint density at radius 1 is 0.900 bits per heavy atom. The minimum absolute atomic E-state index is 0.0622. The number of amidine groups is 1. The number of piperazine rings is 1. The Hall–Kier alpha value is -3.71. The molecule has 5 rings (SSSR count). The number of fused-ring (bicyclic) bond motifs is 1. The maximum atomic E-state index is 7.53. The molecule has 1 aliphatic rings. The van der Waals surface area contributed by atoms with Crippen LogP contribution in [-0.4, -0.2) is 46.6 Å². The molecule has 0 spiro atoms. The molecule has 0 atom stereocenters. The smallest absolute Gasteiger partial charge is 0.162 e. The van der Waals surface area contributed by atoms with Crippen molar-refractivity contribution in [2.75, 3.05) is 31.1 Å². The predicted octanol–water partition coefficient (Wildman–Crippen LogP) is 2.76. The molecule has 0 saturated carbocycles. The van der Waals surface area contributed by atoms with E-state index in [0.717, 1.165) is 54.1 Å². The van der Waals surface area contributed by atoms with Crippen LogP contribution >= 0.6 is 0 Å². The van der Waals surface area contributed by atoms with Crippen molar-refractivity contribution in [2.45, 2.75) is 0 Å². The standard InChI is InChI=1S/C23H23N7/c24-22(25)18-3-1-17(2-4-18)21-14-28-30-15-19(13-27-23(21)30)16-5-7-20(8-6-16)29-11-9-26-10-12-29/h1-8,13-15,26H,9-12H2,(H3,24,25). The van der Waals surface area contributed by atoms with E-state index in [1.54, 1.807) is 0 Å². The number of hydrogen-bond donors (Lipinski definition) is 3. The van der Waals surface area contributed by atoms with Gasteiger partial charge in [-0.05, 0) is 23.3 Å². The number of aromatic nitrogens is 3. The van der Waals surface area contributed by atoms with Crippen LogP contribution in [0.5, 0.6) is 0 Å². The Morgan fingerprint density at radius 2 is 1.60 bits per heavy atom. The first-order chi connectivity index (χ1) is 14.7. The lowest BCUT2D eigenvalue weighted by atomic mass is 10.1. The highest BCUT2D eigenvalue weighted by atomic mass is 15.2. The molecule has 150 valence electrons. The summed E-state index contributed by atoms with van der Waals surface area (Å²) < 4.78 is 1.81. The van der Waals surface area contributed by atoms with Crippen LogP contribution in [0.4, 0.5) is 5.69 Å². The van der Waals surface area contributed by atoms with Crippen molar-refractivity contribution >= 4 is 17.2 Å². The van der Waals surface area contributed by atoms with Crippen LogP contribution in [-0.2, 0) is 0 Å². The maximum Gasteiger partial charge on any atom is 0.162 e. The van der Waals surface area contributed by atoms with Gasteiger partial charge in [-0.25, -0.2) is 9.50 Å². The molecular weight excluding hydrogens is 374 g/mol. The van der Waals surface area contributed by atoms with Crippen LogP contribution in [0.2, 0.25) is 0 Å². The number of anilines is 1. The highest BCUT2D eigenvalue weighted by molar-refractivity contribution is 5.95. The fourth-order valence-electron chi connectivity index (χ4n) is 3.84. The van der Waals surface area contributed by atoms with Crippen LogP contribution in [0.3, 0.4) is 0 Å². The zero-order valence-electron chi connectivity index (χ0n) is 16.5. The summed E-state index contributed by atoms with van der Waals surface area (Å²) >= 11 is 0. The van der Waals surface area contributed by atoms with Gasteiger partial charge in [-0.1, -0.05) is 36.4 Å². The van der Waals surface area contributed by atoms with E-state index in [1.807, 2.05) is 47.4 Å². The molecule has 2 aromatic carbocycles. The van der Waals surface area contributed by atoms with E-state index in [-0.39, 0.29) is 5.84 Å². The summed E-state index contributed by atoms with van der Waals surface area (Å²) in [5.74, 6) is 0.0622. The molecule has 30 heavy (non-hydrogen) atoms. The van der Waals surface area contributed by atoms with Crippen molar-refractivity contribution in [1.82, 2.24) is 19.9 Å². The van der Waals surface area contributed by atoms with Gasteiger partial charge in [0.15, 0.2) is 5.65 Å². The number of benzene rings is 2. The Balaban J connectivity index is 1.42. The summed E-state index contributed by atoms with van der Waals surface area (Å²) in [4.78, 5) is 7.08. The number of nitrogen functional groups attached to an aromatic ring is 1. The van der Waals surface area contributed by atoms with Gasteiger partial charge in [0.25, 0.3) is 0 Å². The minimum atomic E-state index is 0.0622. The van der Waals surface area contributed by atoms with Crippen molar-refractivity contribution in [3.05, 3.63) is 72.7 Å². The summed E-state index contributed by atoms with van der Waals surface area (Å²) in [6.07, 6.45) is 5.72. The molecular formula is C23H23N7. The van der Waals surface area contributed by atoms with Crippen LogP contribution in [0.25, 0.3) is 27.9 Å². The molecule has 0 amide bonds. The number of nitrogens with one attached hydrogen (secondary N) is 2. The number of hydrogen-bond acceptors (Lipinski definition) is 5. The van der Waals surface area contributed by atoms with Crippen molar-refractivity contribution < 1.29 is 0 Å². The van der Waals surface area contributed by atoms with Crippen molar-refractivity contribution in [3.8, 4) is 22.3 Å². The summed E-state index contributed by atoms with van der Waals surface area (Å²) in [7, 11) is 0. The summed E-state index contributed by atoms with van der Waals surface area (Å²) in [6, 6.07) is 16.2. The largest absolute Gasteiger partial charge is 0.384 e.